The minimum absolute atomic E-state index is 0.160. The van der Waals surface area contributed by atoms with Gasteiger partial charge in [-0.05, 0) is 73.5 Å². The highest BCUT2D eigenvalue weighted by Gasteiger charge is 2.36. The van der Waals surface area contributed by atoms with Gasteiger partial charge in [0.15, 0.2) is 0 Å². The molecule has 0 saturated carbocycles. The maximum Gasteiger partial charge on any atom is 0.322 e. The number of anilines is 1. The van der Waals surface area contributed by atoms with Gasteiger partial charge in [-0.2, -0.15) is 0 Å². The highest BCUT2D eigenvalue weighted by atomic mass is 35.5. The van der Waals surface area contributed by atoms with Gasteiger partial charge >= 0.3 is 6.03 Å². The fraction of sp³-hybridized carbons (Fsp3) is 0.276. The van der Waals surface area contributed by atoms with Crippen LogP contribution in [0.4, 0.5) is 10.5 Å². The summed E-state index contributed by atoms with van der Waals surface area (Å²) in [6.07, 6.45) is 3.11. The Morgan fingerprint density at radius 3 is 2.78 bits per heavy atom. The number of likely N-dealkylation sites (N-methyl/N-ethyl adjacent to an activating group) is 1. The number of fused-ring (bicyclic) bond motifs is 5. The number of rotatable bonds is 3. The van der Waals surface area contributed by atoms with Crippen molar-refractivity contribution in [3.8, 4) is 10.8 Å². The molecule has 0 bridgehead atoms. The summed E-state index contributed by atoms with van der Waals surface area (Å²) in [5.41, 5.74) is 6.26. The molecule has 2 aliphatic heterocycles. The van der Waals surface area contributed by atoms with E-state index in [0.717, 1.165) is 47.8 Å². The van der Waals surface area contributed by atoms with Crippen molar-refractivity contribution in [1.29, 1.82) is 0 Å². The Labute approximate surface area is 226 Å². The quantitative estimate of drug-likeness (QED) is 0.322. The lowest BCUT2D eigenvalue weighted by atomic mass is 10.00. The summed E-state index contributed by atoms with van der Waals surface area (Å²) in [5.74, 6) is 0.765. The maximum absolute atomic E-state index is 14.1. The molecule has 2 aromatic carbocycles. The lowest BCUT2D eigenvalue weighted by Crippen LogP contribution is -2.38. The first-order valence-electron chi connectivity index (χ1n) is 12.4. The van der Waals surface area contributed by atoms with Crippen LogP contribution < -0.4 is 10.1 Å². The summed E-state index contributed by atoms with van der Waals surface area (Å²) >= 11 is 8.23. The fourth-order valence-corrected chi connectivity index (χ4v) is 7.06. The number of nitrogens with zero attached hydrogens (tertiary/aromatic N) is 3. The zero-order chi connectivity index (χ0) is 25.7. The summed E-state index contributed by atoms with van der Waals surface area (Å²) in [5, 5.41) is 5.01. The maximum atomic E-state index is 14.1. The zero-order valence-electron chi connectivity index (χ0n) is 21.1. The number of hydrogen-bond donors (Lipinski definition) is 1. The summed E-state index contributed by atoms with van der Waals surface area (Å²) in [7, 11) is 3.84. The lowest BCUT2D eigenvalue weighted by molar-refractivity contribution is 0.194. The van der Waals surface area contributed by atoms with Gasteiger partial charge in [-0.25, -0.2) is 4.79 Å². The van der Waals surface area contributed by atoms with Crippen molar-refractivity contribution < 1.29 is 9.53 Å². The van der Waals surface area contributed by atoms with Crippen molar-refractivity contribution >= 4 is 34.7 Å². The topological polar surface area (TPSA) is 49.7 Å². The van der Waals surface area contributed by atoms with Crippen LogP contribution in [-0.2, 0) is 19.5 Å². The molecule has 1 unspecified atom stereocenters. The van der Waals surface area contributed by atoms with Crippen LogP contribution in [0.15, 0.2) is 60.8 Å². The van der Waals surface area contributed by atoms with E-state index in [2.05, 4.69) is 46.2 Å². The van der Waals surface area contributed by atoms with Gasteiger partial charge in [-0.1, -0.05) is 29.8 Å². The number of aromatic nitrogens is 1. The van der Waals surface area contributed by atoms with E-state index >= 15 is 0 Å². The number of methoxy groups -OCH3 is 1. The van der Waals surface area contributed by atoms with Crippen LogP contribution in [-0.4, -0.2) is 41.1 Å². The molecule has 0 spiro atoms. The summed E-state index contributed by atoms with van der Waals surface area (Å²) in [6.45, 7) is 4.40. The Kier molecular flexibility index (Phi) is 6.23. The third kappa shape index (κ3) is 4.21. The van der Waals surface area contributed by atoms with E-state index in [1.807, 2.05) is 59.6 Å². The number of urea groups is 1. The zero-order valence-corrected chi connectivity index (χ0v) is 22.7. The van der Waals surface area contributed by atoms with Crippen molar-refractivity contribution in [2.75, 3.05) is 26.0 Å². The van der Waals surface area contributed by atoms with Crippen LogP contribution in [0.3, 0.4) is 0 Å². The van der Waals surface area contributed by atoms with E-state index < -0.39 is 0 Å². The average molecular weight is 533 g/mol. The van der Waals surface area contributed by atoms with Crippen LogP contribution in [0.25, 0.3) is 5.00 Å². The molecule has 8 heteroatoms. The van der Waals surface area contributed by atoms with E-state index in [9.17, 15) is 4.79 Å². The number of carbonyl (C=O) groups excluding carboxylic acids is 1. The fourth-order valence-electron chi connectivity index (χ4n) is 5.44. The van der Waals surface area contributed by atoms with Crippen LogP contribution in [0.2, 0.25) is 5.02 Å². The van der Waals surface area contributed by atoms with Crippen LogP contribution in [0.1, 0.15) is 38.9 Å². The molecule has 2 aliphatic rings. The van der Waals surface area contributed by atoms with Gasteiger partial charge in [-0.3, -0.25) is 0 Å². The Hall–Kier alpha value is -3.26. The second-order valence-corrected chi connectivity index (χ2v) is 11.2. The molecule has 190 valence electrons. The van der Waals surface area contributed by atoms with Crippen molar-refractivity contribution in [2.45, 2.75) is 32.5 Å². The third-order valence-corrected chi connectivity index (χ3v) is 9.10. The number of thiophene rings is 1. The Morgan fingerprint density at radius 1 is 1.11 bits per heavy atom. The van der Waals surface area contributed by atoms with Crippen LogP contribution in [0, 0.1) is 6.92 Å². The van der Waals surface area contributed by atoms with E-state index in [1.54, 1.807) is 7.11 Å². The van der Waals surface area contributed by atoms with E-state index in [4.69, 9.17) is 16.3 Å². The second-order valence-electron chi connectivity index (χ2n) is 9.73. The molecule has 37 heavy (non-hydrogen) atoms. The molecule has 1 N–H and O–H groups in total. The van der Waals surface area contributed by atoms with E-state index in [1.165, 1.54) is 21.0 Å². The summed E-state index contributed by atoms with van der Waals surface area (Å²) < 4.78 is 7.83. The average Bonchev–Trinajstić information content (AvgIpc) is 3.48. The van der Waals surface area contributed by atoms with Gasteiger partial charge in [0.05, 0.1) is 25.4 Å². The summed E-state index contributed by atoms with van der Waals surface area (Å²) in [6, 6.07) is 17.3. The largest absolute Gasteiger partial charge is 0.497 e. The molecular weight excluding hydrogens is 504 g/mol. The lowest BCUT2D eigenvalue weighted by Gasteiger charge is -2.32. The standard InChI is InChI=1S/C29H29ClN4O2S/c1-18-23(30)9-5-10-24(18)31-29(35)34-16-22-21-12-14-32(2)17-26(21)37-28(22)33-13-6-11-25(33)27(34)19-7-4-8-20(15-19)36-3/h4-11,13,15,27H,12,14,16-17H2,1-3H3,(H,31,35). The van der Waals surface area contributed by atoms with Gasteiger partial charge in [0.1, 0.15) is 10.8 Å². The number of carbonyl (C=O) groups is 1. The van der Waals surface area contributed by atoms with Gasteiger partial charge in [0, 0.05) is 40.4 Å². The molecule has 1 atom stereocenters. The van der Waals surface area contributed by atoms with E-state index in [-0.39, 0.29) is 12.1 Å². The Balaban J connectivity index is 1.51. The normalized spacial score (nSPS) is 17.0. The van der Waals surface area contributed by atoms with Crippen molar-refractivity contribution in [3.63, 3.8) is 0 Å². The molecular formula is C29H29ClN4O2S. The van der Waals surface area contributed by atoms with Gasteiger partial charge in [0.25, 0.3) is 0 Å². The molecule has 0 radical (unpaired) electrons. The Morgan fingerprint density at radius 2 is 1.95 bits per heavy atom. The first-order chi connectivity index (χ1) is 17.9. The SMILES string of the molecule is COc1cccc(C2c3cccn3-c3sc4c(c3CN2C(=O)Nc2cccc(Cl)c2C)CCN(C)C4)c1. The number of halogens is 1. The monoisotopic (exact) mass is 532 g/mol. The summed E-state index contributed by atoms with van der Waals surface area (Å²) in [4.78, 5) is 19.8. The molecule has 0 aliphatic carbocycles. The number of ether oxygens (including phenoxy) is 1. The van der Waals surface area contributed by atoms with Crippen molar-refractivity contribution in [2.24, 2.45) is 0 Å². The first kappa shape index (κ1) is 24.1. The predicted octanol–water partition coefficient (Wildman–Crippen LogP) is 6.63. The number of nitrogens with one attached hydrogen (secondary N) is 1. The third-order valence-electron chi connectivity index (χ3n) is 7.44. The molecule has 4 aromatic rings. The van der Waals surface area contributed by atoms with Gasteiger partial charge < -0.3 is 24.4 Å². The number of hydrogen-bond acceptors (Lipinski definition) is 4. The molecule has 4 heterocycles. The van der Waals surface area contributed by atoms with E-state index in [0.29, 0.717) is 11.6 Å². The minimum atomic E-state index is -0.300. The number of benzene rings is 2. The molecule has 2 amide bonds. The minimum Gasteiger partial charge on any atom is -0.497 e. The van der Waals surface area contributed by atoms with Gasteiger partial charge in [-0.15, -0.1) is 11.3 Å². The molecule has 2 aromatic heterocycles. The molecule has 6 nitrogen and oxygen atoms in total. The second kappa shape index (κ2) is 9.56. The predicted molar refractivity (Wildman–Crippen MR) is 149 cm³/mol. The smallest absolute Gasteiger partial charge is 0.322 e. The van der Waals surface area contributed by atoms with Crippen molar-refractivity contribution in [3.05, 3.63) is 98.6 Å². The highest BCUT2D eigenvalue weighted by Crippen LogP contribution is 2.44. The molecule has 6 rings (SSSR count). The van der Waals surface area contributed by atoms with Crippen LogP contribution >= 0.6 is 22.9 Å². The molecule has 0 fully saturated rings. The van der Waals surface area contributed by atoms with Gasteiger partial charge in [0.2, 0.25) is 0 Å². The molecule has 0 saturated heterocycles. The van der Waals surface area contributed by atoms with Crippen molar-refractivity contribution in [1.82, 2.24) is 14.4 Å². The van der Waals surface area contributed by atoms with Crippen LogP contribution in [0.5, 0.6) is 5.75 Å². The number of amides is 2. The Bertz CT molecular complexity index is 1490. The highest BCUT2D eigenvalue weighted by molar-refractivity contribution is 7.15. The first-order valence-corrected chi connectivity index (χ1v) is 13.6.